The van der Waals surface area contributed by atoms with Crippen LogP contribution in [-0.4, -0.2) is 52.2 Å². The third-order valence-corrected chi connectivity index (χ3v) is 5.48. The van der Waals surface area contributed by atoms with Gasteiger partial charge in [-0.3, -0.25) is 9.89 Å². The van der Waals surface area contributed by atoms with Crippen molar-refractivity contribution in [1.82, 2.24) is 20.1 Å². The first kappa shape index (κ1) is 14.5. The van der Waals surface area contributed by atoms with Gasteiger partial charge in [-0.1, -0.05) is 12.8 Å². The van der Waals surface area contributed by atoms with E-state index in [9.17, 15) is 13.2 Å². The van der Waals surface area contributed by atoms with Gasteiger partial charge in [0.15, 0.2) is 0 Å². The Bertz CT molecular complexity index is 630. The summed E-state index contributed by atoms with van der Waals surface area (Å²) in [7, 11) is -3.76. The van der Waals surface area contributed by atoms with Crippen LogP contribution in [-0.2, 0) is 14.6 Å². The Balaban J connectivity index is 1.74. The van der Waals surface area contributed by atoms with Gasteiger partial charge in [-0.25, -0.2) is 13.4 Å². The molecule has 1 N–H and O–H groups in total. The minimum Gasteiger partial charge on any atom is -0.336 e. The Morgan fingerprint density at radius 1 is 1.24 bits per heavy atom. The highest BCUT2D eigenvalue weighted by Gasteiger charge is 2.40. The maximum absolute atomic E-state index is 12.5. The second-order valence-electron chi connectivity index (χ2n) is 5.93. The van der Waals surface area contributed by atoms with Gasteiger partial charge < -0.3 is 4.90 Å². The Hall–Kier alpha value is -1.44. The molecule has 1 amide bonds. The second kappa shape index (κ2) is 5.40. The maximum atomic E-state index is 12.5. The van der Waals surface area contributed by atoms with E-state index in [0.29, 0.717) is 5.82 Å². The molecule has 0 aliphatic heterocycles. The summed E-state index contributed by atoms with van der Waals surface area (Å²) < 4.78 is 24.5. The number of aryl methyl sites for hydroxylation is 1. The van der Waals surface area contributed by atoms with Crippen LogP contribution in [0.2, 0.25) is 0 Å². The van der Waals surface area contributed by atoms with E-state index in [-0.39, 0.29) is 23.1 Å². The van der Waals surface area contributed by atoms with Crippen LogP contribution in [0.5, 0.6) is 0 Å². The molecule has 7 nitrogen and oxygen atoms in total. The molecule has 0 saturated heterocycles. The number of aromatic nitrogens is 3. The lowest BCUT2D eigenvalue weighted by molar-refractivity contribution is -0.131. The molecule has 0 radical (unpaired) electrons. The van der Waals surface area contributed by atoms with Gasteiger partial charge in [0.2, 0.25) is 15.7 Å². The topological polar surface area (TPSA) is 96.0 Å². The van der Waals surface area contributed by atoms with Gasteiger partial charge in [-0.15, -0.1) is 5.10 Å². The van der Waals surface area contributed by atoms with Crippen molar-refractivity contribution in [2.45, 2.75) is 62.7 Å². The molecule has 0 aromatic carbocycles. The highest BCUT2D eigenvalue weighted by atomic mass is 32.2. The molecule has 2 saturated carbocycles. The Morgan fingerprint density at radius 2 is 1.86 bits per heavy atom. The molecule has 21 heavy (non-hydrogen) atoms. The SMILES string of the molecule is Cc1nc(S(=O)(=O)CC(=O)N(C2CCCC2)C2CC2)n[nH]1. The molecule has 0 spiro atoms. The van der Waals surface area contributed by atoms with E-state index in [1.807, 2.05) is 4.90 Å². The van der Waals surface area contributed by atoms with Crippen molar-refractivity contribution in [1.29, 1.82) is 0 Å². The molecule has 1 heterocycles. The molecule has 0 atom stereocenters. The van der Waals surface area contributed by atoms with Crippen LogP contribution in [0.15, 0.2) is 5.16 Å². The van der Waals surface area contributed by atoms with Crippen LogP contribution in [0.4, 0.5) is 0 Å². The molecule has 8 heteroatoms. The number of hydrogen-bond acceptors (Lipinski definition) is 5. The summed E-state index contributed by atoms with van der Waals surface area (Å²) >= 11 is 0. The molecule has 1 aromatic rings. The summed E-state index contributed by atoms with van der Waals surface area (Å²) in [6.45, 7) is 1.63. The maximum Gasteiger partial charge on any atom is 0.267 e. The minimum absolute atomic E-state index is 0.217. The average molecular weight is 312 g/mol. The van der Waals surface area contributed by atoms with Crippen LogP contribution in [0, 0.1) is 6.92 Å². The van der Waals surface area contributed by atoms with E-state index >= 15 is 0 Å². The van der Waals surface area contributed by atoms with Crippen molar-refractivity contribution < 1.29 is 13.2 Å². The lowest BCUT2D eigenvalue weighted by atomic mass is 10.2. The summed E-state index contributed by atoms with van der Waals surface area (Å²) in [5.41, 5.74) is 0. The number of aromatic amines is 1. The van der Waals surface area contributed by atoms with Crippen LogP contribution in [0.3, 0.4) is 0 Å². The minimum atomic E-state index is -3.76. The summed E-state index contributed by atoms with van der Waals surface area (Å²) in [6, 6.07) is 0.457. The largest absolute Gasteiger partial charge is 0.336 e. The fraction of sp³-hybridized carbons (Fsp3) is 0.769. The average Bonchev–Trinajstić information content (AvgIpc) is 2.88. The number of H-pyrrole nitrogens is 1. The third-order valence-electron chi connectivity index (χ3n) is 4.11. The molecular weight excluding hydrogens is 292 g/mol. The molecule has 3 rings (SSSR count). The molecule has 2 aliphatic carbocycles. The zero-order valence-electron chi connectivity index (χ0n) is 12.1. The van der Waals surface area contributed by atoms with Gasteiger partial charge in [-0.05, 0) is 32.6 Å². The first-order valence-electron chi connectivity index (χ1n) is 7.40. The Morgan fingerprint density at radius 3 is 2.38 bits per heavy atom. The van der Waals surface area contributed by atoms with Crippen LogP contribution < -0.4 is 0 Å². The fourth-order valence-electron chi connectivity index (χ4n) is 3.00. The Kier molecular flexibility index (Phi) is 3.73. The zero-order chi connectivity index (χ0) is 15.0. The van der Waals surface area contributed by atoms with Crippen molar-refractivity contribution in [3.63, 3.8) is 0 Å². The molecule has 2 aliphatic rings. The van der Waals surface area contributed by atoms with E-state index in [2.05, 4.69) is 15.2 Å². The highest BCUT2D eigenvalue weighted by Crippen LogP contribution is 2.34. The number of nitrogens with one attached hydrogen (secondary N) is 1. The molecule has 1 aromatic heterocycles. The van der Waals surface area contributed by atoms with E-state index in [1.165, 1.54) is 0 Å². The van der Waals surface area contributed by atoms with E-state index in [4.69, 9.17) is 0 Å². The van der Waals surface area contributed by atoms with Crippen LogP contribution in [0.1, 0.15) is 44.3 Å². The van der Waals surface area contributed by atoms with Crippen molar-refractivity contribution >= 4 is 15.7 Å². The van der Waals surface area contributed by atoms with Crippen molar-refractivity contribution in [2.75, 3.05) is 5.75 Å². The van der Waals surface area contributed by atoms with Crippen LogP contribution in [0.25, 0.3) is 0 Å². The number of sulfone groups is 1. The lowest BCUT2D eigenvalue weighted by Crippen LogP contribution is -2.43. The predicted molar refractivity (Wildman–Crippen MR) is 75.3 cm³/mol. The molecular formula is C13H20N4O3S. The summed E-state index contributed by atoms with van der Waals surface area (Å²) in [4.78, 5) is 18.1. The first-order chi connectivity index (χ1) is 9.97. The monoisotopic (exact) mass is 312 g/mol. The summed E-state index contributed by atoms with van der Waals surface area (Å²) in [5, 5.41) is 5.88. The van der Waals surface area contributed by atoms with Crippen LogP contribution >= 0.6 is 0 Å². The molecule has 116 valence electrons. The standard InChI is InChI=1S/C13H20N4O3S/c1-9-14-13(16-15-9)21(19,20)8-12(18)17(11-6-7-11)10-4-2-3-5-10/h10-11H,2-8H2,1H3,(H,14,15,16). The van der Waals surface area contributed by atoms with Gasteiger partial charge in [0.25, 0.3) is 5.16 Å². The third kappa shape index (κ3) is 3.09. The number of hydrogen-bond donors (Lipinski definition) is 1. The first-order valence-corrected chi connectivity index (χ1v) is 9.05. The van der Waals surface area contributed by atoms with Crippen molar-refractivity contribution in [2.24, 2.45) is 0 Å². The lowest BCUT2D eigenvalue weighted by Gasteiger charge is -2.28. The predicted octanol–water partition coefficient (Wildman–Crippen LogP) is 0.820. The van der Waals surface area contributed by atoms with Gasteiger partial charge in [0.05, 0.1) is 0 Å². The van der Waals surface area contributed by atoms with E-state index in [0.717, 1.165) is 38.5 Å². The second-order valence-corrected chi connectivity index (χ2v) is 7.82. The van der Waals surface area contributed by atoms with E-state index < -0.39 is 15.6 Å². The van der Waals surface area contributed by atoms with Crippen molar-refractivity contribution in [3.05, 3.63) is 5.82 Å². The normalized spacial score (nSPS) is 19.9. The van der Waals surface area contributed by atoms with Crippen molar-refractivity contribution in [3.8, 4) is 0 Å². The van der Waals surface area contributed by atoms with Gasteiger partial charge >= 0.3 is 0 Å². The number of amides is 1. The highest BCUT2D eigenvalue weighted by molar-refractivity contribution is 7.91. The number of rotatable bonds is 5. The molecule has 0 unspecified atom stereocenters. The summed E-state index contributed by atoms with van der Waals surface area (Å²) in [6.07, 6.45) is 6.19. The number of nitrogens with zero attached hydrogens (tertiary/aromatic N) is 3. The number of carbonyl (C=O) groups excluding carboxylic acids is 1. The van der Waals surface area contributed by atoms with Gasteiger partial charge in [-0.2, -0.15) is 0 Å². The Labute approximate surface area is 124 Å². The quantitative estimate of drug-likeness (QED) is 0.868. The van der Waals surface area contributed by atoms with Gasteiger partial charge in [0, 0.05) is 12.1 Å². The van der Waals surface area contributed by atoms with E-state index in [1.54, 1.807) is 6.92 Å². The molecule has 2 fully saturated rings. The smallest absolute Gasteiger partial charge is 0.267 e. The van der Waals surface area contributed by atoms with Gasteiger partial charge in [0.1, 0.15) is 11.6 Å². The summed E-state index contributed by atoms with van der Waals surface area (Å²) in [5.74, 6) is -0.403. The fourth-order valence-corrected chi connectivity index (χ4v) is 4.07. The molecule has 0 bridgehead atoms. The number of carbonyl (C=O) groups is 1. The zero-order valence-corrected chi connectivity index (χ0v) is 12.9.